The van der Waals surface area contributed by atoms with Crippen molar-refractivity contribution in [2.24, 2.45) is 0 Å². The van der Waals surface area contributed by atoms with E-state index in [1.54, 1.807) is 13.0 Å². The van der Waals surface area contributed by atoms with Crippen molar-refractivity contribution in [2.45, 2.75) is 51.7 Å². The van der Waals surface area contributed by atoms with Crippen LogP contribution < -0.4 is 15.4 Å². The number of anilines is 2. The number of alkyl halides is 1. The van der Waals surface area contributed by atoms with Crippen molar-refractivity contribution in [3.63, 3.8) is 0 Å². The molecule has 4 N–H and O–H groups in total. The van der Waals surface area contributed by atoms with E-state index in [0.717, 1.165) is 4.31 Å². The maximum Gasteiger partial charge on any atom is 0.404 e. The molecule has 2 aromatic heterocycles. The van der Waals surface area contributed by atoms with Gasteiger partial charge in [-0.2, -0.15) is 12.7 Å². The summed E-state index contributed by atoms with van der Waals surface area (Å²) in [6, 6.07) is 5.56. The molecule has 40 heavy (non-hydrogen) atoms. The van der Waals surface area contributed by atoms with E-state index in [9.17, 15) is 17.6 Å². The number of rotatable bonds is 9. The number of nitrogens with one attached hydrogen (secondary N) is 3. The van der Waals surface area contributed by atoms with Crippen LogP contribution in [-0.4, -0.2) is 70.7 Å². The Morgan fingerprint density at radius 2 is 2.02 bits per heavy atom. The molecule has 1 aliphatic rings. The molecular formula is C25H31F2N7O4S2. The molecule has 1 saturated heterocycles. The summed E-state index contributed by atoms with van der Waals surface area (Å²) in [5, 5.41) is 14.9. The summed E-state index contributed by atoms with van der Waals surface area (Å²) in [4.78, 5) is 24.9. The van der Waals surface area contributed by atoms with Crippen LogP contribution in [0.15, 0.2) is 30.5 Å². The molecule has 0 radical (unpaired) electrons. The van der Waals surface area contributed by atoms with Gasteiger partial charge in [0, 0.05) is 42.9 Å². The highest BCUT2D eigenvalue weighted by Gasteiger charge is 2.32. The van der Waals surface area contributed by atoms with Gasteiger partial charge < -0.3 is 15.7 Å². The van der Waals surface area contributed by atoms with Gasteiger partial charge in [-0.1, -0.05) is 26.8 Å². The Morgan fingerprint density at radius 1 is 1.27 bits per heavy atom. The molecule has 0 spiro atoms. The topological polar surface area (TPSA) is 149 Å². The monoisotopic (exact) mass is 595 g/mol. The molecule has 1 fully saturated rings. The molecule has 4 rings (SSSR count). The van der Waals surface area contributed by atoms with Crippen molar-refractivity contribution < 1.29 is 27.1 Å². The van der Waals surface area contributed by atoms with Crippen LogP contribution in [0.2, 0.25) is 0 Å². The van der Waals surface area contributed by atoms with Crippen molar-refractivity contribution in [1.82, 2.24) is 24.6 Å². The maximum absolute atomic E-state index is 15.9. The number of nitrogens with zero attached hydrogens (tertiary/aromatic N) is 4. The number of benzene rings is 1. The SMILES string of the molecule is C[C@@H](CNc1nccc(-c2sc(C(C)(C)C)nc2-c2cccc(NS(=O)(=O)N3CC[C@H](F)C3)c2F)n1)NC(=O)O. The van der Waals surface area contributed by atoms with Gasteiger partial charge in [0.15, 0.2) is 5.82 Å². The molecule has 1 amide bonds. The number of carboxylic acid groups (broad SMARTS) is 1. The van der Waals surface area contributed by atoms with Crippen molar-refractivity contribution >= 4 is 39.3 Å². The van der Waals surface area contributed by atoms with Gasteiger partial charge >= 0.3 is 16.3 Å². The van der Waals surface area contributed by atoms with Gasteiger partial charge in [0.25, 0.3) is 0 Å². The molecule has 3 aromatic rings. The Labute approximate surface area is 235 Å². The highest BCUT2D eigenvalue weighted by molar-refractivity contribution is 7.90. The molecule has 0 unspecified atom stereocenters. The lowest BCUT2D eigenvalue weighted by atomic mass is 9.98. The lowest BCUT2D eigenvalue weighted by Gasteiger charge is -2.18. The van der Waals surface area contributed by atoms with Gasteiger partial charge in [-0.25, -0.2) is 28.5 Å². The third-order valence-corrected chi connectivity index (χ3v) is 9.01. The number of halogens is 2. The summed E-state index contributed by atoms with van der Waals surface area (Å²) in [5.41, 5.74) is 0.151. The Hall–Kier alpha value is -3.43. The Morgan fingerprint density at radius 3 is 2.67 bits per heavy atom. The summed E-state index contributed by atoms with van der Waals surface area (Å²) in [7, 11) is -4.16. The second-order valence-electron chi connectivity index (χ2n) is 10.5. The summed E-state index contributed by atoms with van der Waals surface area (Å²) in [6.07, 6.45) is -0.794. The van der Waals surface area contributed by atoms with E-state index < -0.39 is 34.3 Å². The number of amides is 1. The van der Waals surface area contributed by atoms with Gasteiger partial charge in [0.05, 0.1) is 27.0 Å². The van der Waals surface area contributed by atoms with Gasteiger partial charge in [-0.3, -0.25) is 4.72 Å². The van der Waals surface area contributed by atoms with Crippen molar-refractivity contribution in [1.29, 1.82) is 0 Å². The standard InChI is InChI=1S/C25H31F2N7O4S2/c1-14(30-24(35)36)12-29-23-28-10-8-18(31-23)21-20(32-22(39-21)25(2,3)4)16-6-5-7-17(19(16)27)33-40(37,38)34-11-9-15(26)13-34/h5-8,10,14-15,30,33H,9,11-13H2,1-4H3,(H,35,36)(H,28,29,31)/t14-,15-/m0/s1. The lowest BCUT2D eigenvalue weighted by molar-refractivity contribution is 0.191. The summed E-state index contributed by atoms with van der Waals surface area (Å²) in [5.74, 6) is -0.581. The second-order valence-corrected chi connectivity index (χ2v) is 13.1. The first-order valence-electron chi connectivity index (χ1n) is 12.5. The average Bonchev–Trinajstić information content (AvgIpc) is 3.51. The fraction of sp³-hybridized carbons (Fsp3) is 0.440. The smallest absolute Gasteiger partial charge is 0.404 e. The van der Waals surface area contributed by atoms with E-state index in [1.165, 1.54) is 35.7 Å². The van der Waals surface area contributed by atoms with Gasteiger partial charge in [-0.05, 0) is 31.5 Å². The summed E-state index contributed by atoms with van der Waals surface area (Å²) >= 11 is 1.33. The fourth-order valence-corrected chi connectivity index (χ4v) is 6.35. The molecule has 1 aromatic carbocycles. The first kappa shape index (κ1) is 29.6. The molecule has 11 nitrogen and oxygen atoms in total. The molecule has 15 heteroatoms. The molecule has 3 heterocycles. The van der Waals surface area contributed by atoms with Gasteiger partial charge in [-0.15, -0.1) is 11.3 Å². The van der Waals surface area contributed by atoms with Crippen molar-refractivity contribution in [3.05, 3.63) is 41.3 Å². The van der Waals surface area contributed by atoms with E-state index >= 15 is 4.39 Å². The van der Waals surface area contributed by atoms with E-state index in [4.69, 9.17) is 10.1 Å². The van der Waals surface area contributed by atoms with Crippen molar-refractivity contribution in [3.8, 4) is 21.8 Å². The van der Waals surface area contributed by atoms with Crippen LogP contribution in [0, 0.1) is 5.82 Å². The first-order chi connectivity index (χ1) is 18.7. The normalized spacial score (nSPS) is 17.0. The zero-order chi connectivity index (χ0) is 29.2. The number of hydrogen-bond acceptors (Lipinski definition) is 8. The molecule has 1 aliphatic heterocycles. The summed E-state index contributed by atoms with van der Waals surface area (Å²) in [6.45, 7) is 7.56. The van der Waals surface area contributed by atoms with E-state index in [1.807, 2.05) is 20.8 Å². The fourth-order valence-electron chi connectivity index (χ4n) is 3.98. The average molecular weight is 596 g/mol. The van der Waals surface area contributed by atoms with Crippen LogP contribution >= 0.6 is 11.3 Å². The zero-order valence-corrected chi connectivity index (χ0v) is 24.0. The third kappa shape index (κ3) is 6.82. The minimum absolute atomic E-state index is 0.0121. The quantitative estimate of drug-likeness (QED) is 0.283. The molecule has 0 aliphatic carbocycles. The van der Waals surface area contributed by atoms with Gasteiger partial charge in [0.1, 0.15) is 6.17 Å². The maximum atomic E-state index is 15.9. The van der Waals surface area contributed by atoms with E-state index in [-0.39, 0.29) is 54.4 Å². The first-order valence-corrected chi connectivity index (χ1v) is 14.8. The predicted molar refractivity (Wildman–Crippen MR) is 150 cm³/mol. The highest BCUT2D eigenvalue weighted by Crippen LogP contribution is 2.42. The minimum atomic E-state index is -4.16. The van der Waals surface area contributed by atoms with Crippen LogP contribution in [0.4, 0.5) is 25.2 Å². The lowest BCUT2D eigenvalue weighted by Crippen LogP contribution is -2.36. The molecule has 216 valence electrons. The largest absolute Gasteiger partial charge is 0.465 e. The number of thiazole rings is 1. The van der Waals surface area contributed by atoms with Gasteiger partial charge in [0.2, 0.25) is 5.95 Å². The summed E-state index contributed by atoms with van der Waals surface area (Å²) < 4.78 is 58.3. The Kier molecular flexibility index (Phi) is 8.56. The van der Waals surface area contributed by atoms with Crippen LogP contribution in [-0.2, 0) is 15.6 Å². The Bertz CT molecular complexity index is 1490. The zero-order valence-electron chi connectivity index (χ0n) is 22.4. The molecular weight excluding hydrogens is 564 g/mol. The predicted octanol–water partition coefficient (Wildman–Crippen LogP) is 4.47. The van der Waals surface area contributed by atoms with Crippen LogP contribution in [0.3, 0.4) is 0 Å². The number of aromatic nitrogens is 3. The molecule has 0 saturated carbocycles. The third-order valence-electron chi connectivity index (χ3n) is 6.02. The van der Waals surface area contributed by atoms with Crippen LogP contribution in [0.25, 0.3) is 21.8 Å². The molecule has 0 bridgehead atoms. The molecule has 2 atom stereocenters. The van der Waals surface area contributed by atoms with Crippen LogP contribution in [0.5, 0.6) is 0 Å². The van der Waals surface area contributed by atoms with E-state index in [2.05, 4.69) is 25.3 Å². The Balaban J connectivity index is 1.70. The van der Waals surface area contributed by atoms with E-state index in [0.29, 0.717) is 15.6 Å². The highest BCUT2D eigenvalue weighted by atomic mass is 32.2. The number of hydrogen-bond donors (Lipinski definition) is 4. The van der Waals surface area contributed by atoms with Crippen LogP contribution in [0.1, 0.15) is 39.1 Å². The minimum Gasteiger partial charge on any atom is -0.465 e. The van der Waals surface area contributed by atoms with Crippen molar-refractivity contribution in [2.75, 3.05) is 29.7 Å². The second kappa shape index (κ2) is 11.6. The number of carbonyl (C=O) groups is 1.